The van der Waals surface area contributed by atoms with Crippen LogP contribution >= 0.6 is 0 Å². The second-order valence-corrected chi connectivity index (χ2v) is 13.8. The van der Waals surface area contributed by atoms with Crippen LogP contribution in [0.1, 0.15) is 58.3 Å². The van der Waals surface area contributed by atoms with Gasteiger partial charge in [0.2, 0.25) is 10.0 Å². The van der Waals surface area contributed by atoms with E-state index in [-0.39, 0.29) is 17.1 Å². The molecular weight excluding hydrogens is 604 g/mol. The summed E-state index contributed by atoms with van der Waals surface area (Å²) in [6, 6.07) is 12.2. The molecule has 2 amide bonds. The summed E-state index contributed by atoms with van der Waals surface area (Å²) in [5.74, 6) is -1.36. The predicted octanol–water partition coefficient (Wildman–Crippen LogP) is 3.01. The summed E-state index contributed by atoms with van der Waals surface area (Å²) < 4.78 is 45.7. The molecule has 14 heteroatoms. The third-order valence-electron chi connectivity index (χ3n) is 5.83. The minimum Gasteiger partial charge on any atom is -0.492 e. The first-order chi connectivity index (χ1) is 20.9. The summed E-state index contributed by atoms with van der Waals surface area (Å²) in [6.45, 7) is 10.3. The number of hydrogen-bond donors (Lipinski definition) is 3. The van der Waals surface area contributed by atoms with Gasteiger partial charge in [-0.05, 0) is 84.4 Å². The maximum Gasteiger partial charge on any atom is 0.407 e. The van der Waals surface area contributed by atoms with Crippen molar-refractivity contribution >= 4 is 33.5 Å². The quantitative estimate of drug-likeness (QED) is 0.198. The highest BCUT2D eigenvalue weighted by Crippen LogP contribution is 2.14. The van der Waals surface area contributed by atoms with Crippen LogP contribution in [0.25, 0.3) is 5.52 Å². The van der Waals surface area contributed by atoms with E-state index < -0.39 is 57.3 Å². The molecule has 0 fully saturated rings. The fourth-order valence-electron chi connectivity index (χ4n) is 3.89. The van der Waals surface area contributed by atoms with Crippen molar-refractivity contribution in [3.63, 3.8) is 0 Å². The molecule has 3 rings (SSSR count). The first-order valence-electron chi connectivity index (χ1n) is 14.3. The Morgan fingerprint density at radius 3 is 2.16 bits per heavy atom. The highest BCUT2D eigenvalue weighted by atomic mass is 32.2. The molecule has 3 aromatic rings. The monoisotopic (exact) mass is 644 g/mol. The minimum atomic E-state index is -4.15. The summed E-state index contributed by atoms with van der Waals surface area (Å²) in [6.07, 6.45) is 1.38. The van der Waals surface area contributed by atoms with Crippen LogP contribution in [-0.4, -0.2) is 67.7 Å². The van der Waals surface area contributed by atoms with Gasteiger partial charge in [-0.15, -0.1) is 0 Å². The largest absolute Gasteiger partial charge is 0.492 e. The van der Waals surface area contributed by atoms with Crippen LogP contribution in [0.2, 0.25) is 0 Å². The molecular formula is C31H40N4O9S. The standard InChI is InChI=1S/C31H40N4O9S/c1-30(2,3)43-28(38)25(34-45(40,41)23-11-8-7-9-12-23)19-33-26(36)24-16-14-21-13-15-22(20-35(21)27(24)37)42-18-10-17-32-29(39)44-31(4,5)6/h7-9,11-16,20,25,34H,10,17-19H2,1-6H3,(H,32,39)(H,33,36)/t25-/m0/s1. The topological polar surface area (TPSA) is 171 Å². The van der Waals surface area contributed by atoms with Gasteiger partial charge in [-0.1, -0.05) is 18.2 Å². The Hall–Kier alpha value is -4.43. The van der Waals surface area contributed by atoms with E-state index in [0.717, 1.165) is 0 Å². The fraction of sp³-hybridized carbons (Fsp3) is 0.419. The summed E-state index contributed by atoms with van der Waals surface area (Å²) in [4.78, 5) is 50.9. The molecule has 45 heavy (non-hydrogen) atoms. The van der Waals surface area contributed by atoms with Crippen LogP contribution in [0.3, 0.4) is 0 Å². The molecule has 1 atom stereocenters. The van der Waals surface area contributed by atoms with Crippen molar-refractivity contribution in [3.8, 4) is 5.75 Å². The number of sulfonamides is 1. The number of esters is 1. The number of carbonyl (C=O) groups excluding carboxylic acids is 3. The lowest BCUT2D eigenvalue weighted by atomic mass is 10.2. The molecule has 0 aliphatic heterocycles. The average Bonchev–Trinajstić information content (AvgIpc) is 2.94. The molecule has 0 radical (unpaired) electrons. The zero-order valence-electron chi connectivity index (χ0n) is 26.2. The smallest absolute Gasteiger partial charge is 0.407 e. The normalized spacial score (nSPS) is 12.7. The number of fused-ring (bicyclic) bond motifs is 1. The molecule has 13 nitrogen and oxygen atoms in total. The van der Waals surface area contributed by atoms with Crippen molar-refractivity contribution in [2.45, 2.75) is 70.1 Å². The molecule has 0 spiro atoms. The zero-order valence-corrected chi connectivity index (χ0v) is 27.0. The van der Waals surface area contributed by atoms with E-state index in [1.54, 1.807) is 65.8 Å². The van der Waals surface area contributed by atoms with Gasteiger partial charge in [-0.2, -0.15) is 4.72 Å². The Morgan fingerprint density at radius 2 is 1.51 bits per heavy atom. The predicted molar refractivity (Wildman–Crippen MR) is 167 cm³/mol. The Bertz CT molecular complexity index is 1680. The molecule has 244 valence electrons. The Kier molecular flexibility index (Phi) is 11.3. The van der Waals surface area contributed by atoms with Crippen LogP contribution < -0.4 is 25.7 Å². The van der Waals surface area contributed by atoms with Gasteiger partial charge in [-0.25, -0.2) is 13.2 Å². The summed E-state index contributed by atoms with van der Waals surface area (Å²) in [5, 5.41) is 5.11. The van der Waals surface area contributed by atoms with Gasteiger partial charge in [-0.3, -0.25) is 18.8 Å². The number of nitrogens with one attached hydrogen (secondary N) is 3. The van der Waals surface area contributed by atoms with Crippen LogP contribution in [0.5, 0.6) is 5.75 Å². The number of amides is 2. The van der Waals surface area contributed by atoms with Gasteiger partial charge in [0.25, 0.3) is 11.5 Å². The van der Waals surface area contributed by atoms with Crippen molar-refractivity contribution in [2.24, 2.45) is 0 Å². The lowest BCUT2D eigenvalue weighted by molar-refractivity contribution is -0.156. The number of carbonyl (C=O) groups is 3. The second-order valence-electron chi connectivity index (χ2n) is 12.1. The SMILES string of the molecule is CC(C)(C)OC(=O)NCCCOc1ccc2ccc(C(=O)NC[C@H](NS(=O)(=O)c3ccccc3)C(=O)OC(C)(C)C)c(=O)n2c1. The Balaban J connectivity index is 1.69. The summed E-state index contributed by atoms with van der Waals surface area (Å²) in [5.41, 5.74) is -1.92. The van der Waals surface area contributed by atoms with Crippen molar-refractivity contribution < 1.29 is 37.0 Å². The van der Waals surface area contributed by atoms with Crippen LogP contribution in [0.4, 0.5) is 4.79 Å². The fourth-order valence-corrected chi connectivity index (χ4v) is 5.10. The van der Waals surface area contributed by atoms with E-state index in [1.807, 2.05) is 0 Å². The van der Waals surface area contributed by atoms with E-state index in [0.29, 0.717) is 24.2 Å². The first-order valence-corrected chi connectivity index (χ1v) is 15.8. The number of rotatable bonds is 12. The number of hydrogen-bond acceptors (Lipinski definition) is 9. The number of ether oxygens (including phenoxy) is 3. The van der Waals surface area contributed by atoms with Gasteiger partial charge in [0.1, 0.15) is 28.6 Å². The highest BCUT2D eigenvalue weighted by Gasteiger charge is 2.30. The van der Waals surface area contributed by atoms with E-state index in [4.69, 9.17) is 14.2 Å². The molecule has 0 bridgehead atoms. The average molecular weight is 645 g/mol. The number of nitrogens with zero attached hydrogens (tertiary/aromatic N) is 1. The van der Waals surface area contributed by atoms with Gasteiger partial charge < -0.3 is 24.8 Å². The molecule has 0 saturated heterocycles. The minimum absolute atomic E-state index is 0.0741. The lowest BCUT2D eigenvalue weighted by Gasteiger charge is -2.24. The summed E-state index contributed by atoms with van der Waals surface area (Å²) >= 11 is 0. The van der Waals surface area contributed by atoms with Crippen LogP contribution in [0.15, 0.2) is 70.5 Å². The number of alkyl carbamates (subject to hydrolysis) is 1. The van der Waals surface area contributed by atoms with E-state index in [2.05, 4.69) is 15.4 Å². The molecule has 1 aromatic carbocycles. The van der Waals surface area contributed by atoms with Crippen molar-refractivity contribution in [1.82, 2.24) is 19.8 Å². The Morgan fingerprint density at radius 1 is 0.867 bits per heavy atom. The number of aromatic nitrogens is 1. The number of benzene rings is 1. The van der Waals surface area contributed by atoms with Gasteiger partial charge in [0, 0.05) is 18.6 Å². The maximum atomic E-state index is 13.2. The van der Waals surface area contributed by atoms with E-state index in [9.17, 15) is 27.6 Å². The van der Waals surface area contributed by atoms with Crippen molar-refractivity contribution in [3.05, 3.63) is 76.7 Å². The third-order valence-corrected chi connectivity index (χ3v) is 7.32. The number of pyridine rings is 2. The van der Waals surface area contributed by atoms with Crippen LogP contribution in [0, 0.1) is 0 Å². The lowest BCUT2D eigenvalue weighted by Crippen LogP contribution is -2.50. The van der Waals surface area contributed by atoms with E-state index in [1.165, 1.54) is 40.9 Å². The highest BCUT2D eigenvalue weighted by molar-refractivity contribution is 7.89. The molecule has 0 aliphatic rings. The van der Waals surface area contributed by atoms with Gasteiger partial charge in [0.15, 0.2) is 0 Å². The third kappa shape index (κ3) is 10.9. The maximum absolute atomic E-state index is 13.2. The molecule has 2 aromatic heterocycles. The van der Waals surface area contributed by atoms with E-state index >= 15 is 0 Å². The van der Waals surface area contributed by atoms with Crippen molar-refractivity contribution in [1.29, 1.82) is 0 Å². The molecule has 0 saturated carbocycles. The Labute approximate surface area is 262 Å². The molecule has 3 N–H and O–H groups in total. The molecule has 0 aliphatic carbocycles. The molecule has 2 heterocycles. The molecule has 0 unspecified atom stereocenters. The van der Waals surface area contributed by atoms with Gasteiger partial charge in [0.05, 0.1) is 17.7 Å². The van der Waals surface area contributed by atoms with Crippen molar-refractivity contribution in [2.75, 3.05) is 19.7 Å². The van der Waals surface area contributed by atoms with Gasteiger partial charge >= 0.3 is 12.1 Å². The van der Waals surface area contributed by atoms with Crippen LogP contribution in [-0.2, 0) is 24.3 Å². The summed E-state index contributed by atoms with van der Waals surface area (Å²) in [7, 11) is -4.15. The second kappa shape index (κ2) is 14.6. The zero-order chi connectivity index (χ0) is 33.4. The first kappa shape index (κ1) is 35.1.